The quantitative estimate of drug-likeness (QED) is 0.830. The number of nitrogens with zero attached hydrogens (tertiary/aromatic N) is 4. The van der Waals surface area contributed by atoms with Crippen LogP contribution in [-0.2, 0) is 28.6 Å². The van der Waals surface area contributed by atoms with Crippen LogP contribution < -0.4 is 5.32 Å². The summed E-state index contributed by atoms with van der Waals surface area (Å²) in [5, 5.41) is 20.4. The maximum absolute atomic E-state index is 12.4. The largest absolute Gasteiger partial charge is 0.479 e. The van der Waals surface area contributed by atoms with Crippen LogP contribution in [0.1, 0.15) is 37.7 Å². The van der Waals surface area contributed by atoms with E-state index in [1.54, 1.807) is 13.8 Å². The van der Waals surface area contributed by atoms with E-state index in [4.69, 9.17) is 0 Å². The molecule has 1 atom stereocenters. The van der Waals surface area contributed by atoms with E-state index in [0.29, 0.717) is 12.1 Å². The van der Waals surface area contributed by atoms with E-state index in [-0.39, 0.29) is 11.8 Å². The molecule has 2 heterocycles. The van der Waals surface area contributed by atoms with Crippen molar-refractivity contribution in [2.75, 3.05) is 5.32 Å². The SMILES string of the molecule is Cc1nn(C)c(C)c1CC(C)C(=O)Nc1cnn(C(C)(C)C(=O)O)c1. The highest BCUT2D eigenvalue weighted by Gasteiger charge is 2.30. The summed E-state index contributed by atoms with van der Waals surface area (Å²) in [7, 11) is 1.88. The summed E-state index contributed by atoms with van der Waals surface area (Å²) in [5.74, 6) is -1.39. The summed E-state index contributed by atoms with van der Waals surface area (Å²) in [6.07, 6.45) is 3.57. The summed E-state index contributed by atoms with van der Waals surface area (Å²) in [5.41, 5.74) is 2.35. The number of carbonyl (C=O) groups is 2. The Labute approximate surface area is 146 Å². The van der Waals surface area contributed by atoms with E-state index in [9.17, 15) is 14.7 Å². The number of hydrogen-bond donors (Lipinski definition) is 2. The summed E-state index contributed by atoms with van der Waals surface area (Å²) >= 11 is 0. The van der Waals surface area contributed by atoms with Crippen LogP contribution in [0.25, 0.3) is 0 Å². The van der Waals surface area contributed by atoms with Crippen molar-refractivity contribution in [3.63, 3.8) is 0 Å². The van der Waals surface area contributed by atoms with Crippen LogP contribution >= 0.6 is 0 Å². The minimum atomic E-state index is -1.18. The van der Waals surface area contributed by atoms with Gasteiger partial charge in [-0.25, -0.2) is 4.79 Å². The molecule has 8 heteroatoms. The van der Waals surface area contributed by atoms with Crippen LogP contribution in [0.4, 0.5) is 5.69 Å². The number of carboxylic acid groups (broad SMARTS) is 1. The van der Waals surface area contributed by atoms with Crippen LogP contribution in [0.3, 0.4) is 0 Å². The molecule has 1 unspecified atom stereocenters. The number of carbonyl (C=O) groups excluding carboxylic acids is 1. The van der Waals surface area contributed by atoms with Gasteiger partial charge in [0.15, 0.2) is 5.54 Å². The number of hydrogen-bond acceptors (Lipinski definition) is 4. The Morgan fingerprint density at radius 3 is 2.52 bits per heavy atom. The number of anilines is 1. The van der Waals surface area contributed by atoms with Crippen LogP contribution in [0.2, 0.25) is 0 Å². The number of amides is 1. The van der Waals surface area contributed by atoms with Crippen molar-refractivity contribution in [3.05, 3.63) is 29.3 Å². The number of nitrogens with one attached hydrogen (secondary N) is 1. The molecule has 0 aliphatic carbocycles. The van der Waals surface area contributed by atoms with Crippen molar-refractivity contribution in [3.8, 4) is 0 Å². The van der Waals surface area contributed by atoms with Gasteiger partial charge >= 0.3 is 5.97 Å². The van der Waals surface area contributed by atoms with Gasteiger partial charge in [0.1, 0.15) is 0 Å². The molecule has 136 valence electrons. The third-order valence-corrected chi connectivity index (χ3v) is 4.56. The van der Waals surface area contributed by atoms with E-state index in [1.807, 2.05) is 32.5 Å². The van der Waals surface area contributed by atoms with Crippen LogP contribution in [0.15, 0.2) is 12.4 Å². The van der Waals surface area contributed by atoms with Gasteiger partial charge in [-0.2, -0.15) is 10.2 Å². The first-order valence-electron chi connectivity index (χ1n) is 8.12. The molecule has 0 aliphatic heterocycles. The zero-order valence-corrected chi connectivity index (χ0v) is 15.5. The van der Waals surface area contributed by atoms with Gasteiger partial charge < -0.3 is 10.4 Å². The third-order valence-electron chi connectivity index (χ3n) is 4.56. The number of aryl methyl sites for hydroxylation is 2. The van der Waals surface area contributed by atoms with Crippen molar-refractivity contribution in [2.45, 2.75) is 46.6 Å². The molecule has 2 rings (SSSR count). The zero-order valence-electron chi connectivity index (χ0n) is 15.5. The molecular weight excluding hydrogens is 322 g/mol. The predicted molar refractivity (Wildman–Crippen MR) is 93.4 cm³/mol. The molecule has 0 radical (unpaired) electrons. The fraction of sp³-hybridized carbons (Fsp3) is 0.529. The Morgan fingerprint density at radius 1 is 1.36 bits per heavy atom. The van der Waals surface area contributed by atoms with E-state index < -0.39 is 11.5 Å². The zero-order chi connectivity index (χ0) is 18.9. The van der Waals surface area contributed by atoms with E-state index in [1.165, 1.54) is 17.1 Å². The Kier molecular flexibility index (Phi) is 5.01. The summed E-state index contributed by atoms with van der Waals surface area (Å²) in [6, 6.07) is 0. The minimum absolute atomic E-state index is 0.143. The molecule has 2 aromatic heterocycles. The Hall–Kier alpha value is -2.64. The Balaban J connectivity index is 2.07. The van der Waals surface area contributed by atoms with Crippen molar-refractivity contribution in [2.24, 2.45) is 13.0 Å². The second-order valence-electron chi connectivity index (χ2n) is 6.91. The van der Waals surface area contributed by atoms with Crippen molar-refractivity contribution < 1.29 is 14.7 Å². The first-order chi connectivity index (χ1) is 11.5. The van der Waals surface area contributed by atoms with E-state index >= 15 is 0 Å². The standard InChI is InChI=1S/C17H25N5O3/c1-10(7-14-11(2)20-21(6)12(14)3)15(23)19-13-8-18-22(9-13)17(4,5)16(24)25/h8-10H,7H2,1-6H3,(H,19,23)(H,24,25). The highest BCUT2D eigenvalue weighted by molar-refractivity contribution is 5.92. The molecule has 0 aromatic carbocycles. The molecule has 2 aromatic rings. The number of carboxylic acids is 1. The highest BCUT2D eigenvalue weighted by Crippen LogP contribution is 2.20. The normalized spacial score (nSPS) is 12.9. The summed E-state index contributed by atoms with van der Waals surface area (Å²) in [6.45, 7) is 8.87. The summed E-state index contributed by atoms with van der Waals surface area (Å²) in [4.78, 5) is 23.7. The van der Waals surface area contributed by atoms with E-state index in [0.717, 1.165) is 17.0 Å². The van der Waals surface area contributed by atoms with Crippen molar-refractivity contribution >= 4 is 17.6 Å². The van der Waals surface area contributed by atoms with Gasteiger partial charge in [-0.15, -0.1) is 0 Å². The van der Waals surface area contributed by atoms with Gasteiger partial charge in [-0.1, -0.05) is 6.92 Å². The van der Waals surface area contributed by atoms with Gasteiger partial charge in [-0.3, -0.25) is 14.2 Å². The third kappa shape index (κ3) is 3.72. The second kappa shape index (κ2) is 6.70. The van der Waals surface area contributed by atoms with Crippen molar-refractivity contribution in [1.29, 1.82) is 0 Å². The van der Waals surface area contributed by atoms with Gasteiger partial charge in [-0.05, 0) is 39.7 Å². The highest BCUT2D eigenvalue weighted by atomic mass is 16.4. The lowest BCUT2D eigenvalue weighted by molar-refractivity contribution is -0.146. The molecule has 0 fully saturated rings. The number of rotatable bonds is 6. The fourth-order valence-corrected chi connectivity index (χ4v) is 2.57. The number of aliphatic carboxylic acids is 1. The average Bonchev–Trinajstić information content (AvgIpc) is 3.08. The van der Waals surface area contributed by atoms with Crippen LogP contribution in [0.5, 0.6) is 0 Å². The molecule has 25 heavy (non-hydrogen) atoms. The molecule has 0 saturated heterocycles. The van der Waals surface area contributed by atoms with Crippen LogP contribution in [0, 0.1) is 19.8 Å². The molecule has 1 amide bonds. The topological polar surface area (TPSA) is 102 Å². The summed E-state index contributed by atoms with van der Waals surface area (Å²) < 4.78 is 3.14. The van der Waals surface area contributed by atoms with Crippen LogP contribution in [-0.4, -0.2) is 36.5 Å². The fourth-order valence-electron chi connectivity index (χ4n) is 2.57. The smallest absolute Gasteiger partial charge is 0.331 e. The predicted octanol–water partition coefficient (Wildman–Crippen LogP) is 1.87. The monoisotopic (exact) mass is 347 g/mol. The maximum atomic E-state index is 12.4. The molecule has 2 N–H and O–H groups in total. The van der Waals surface area contributed by atoms with E-state index in [2.05, 4.69) is 15.5 Å². The first-order valence-corrected chi connectivity index (χ1v) is 8.12. The van der Waals surface area contributed by atoms with Crippen molar-refractivity contribution in [1.82, 2.24) is 19.6 Å². The minimum Gasteiger partial charge on any atom is -0.479 e. The Bertz CT molecular complexity index is 803. The lowest BCUT2D eigenvalue weighted by Crippen LogP contribution is -2.35. The average molecular weight is 347 g/mol. The van der Waals surface area contributed by atoms with Gasteiger partial charge in [0.2, 0.25) is 5.91 Å². The molecule has 0 bridgehead atoms. The molecule has 0 spiro atoms. The lowest BCUT2D eigenvalue weighted by atomic mass is 9.99. The second-order valence-corrected chi connectivity index (χ2v) is 6.91. The molecular formula is C17H25N5O3. The Morgan fingerprint density at radius 2 is 2.00 bits per heavy atom. The molecule has 0 saturated carbocycles. The first kappa shape index (κ1) is 18.7. The molecule has 8 nitrogen and oxygen atoms in total. The van der Waals surface area contributed by atoms with Gasteiger partial charge in [0, 0.05) is 24.9 Å². The van der Waals surface area contributed by atoms with Gasteiger partial charge in [0.25, 0.3) is 0 Å². The molecule has 0 aliphatic rings. The maximum Gasteiger partial charge on any atom is 0.331 e. The lowest BCUT2D eigenvalue weighted by Gasteiger charge is -2.19. The van der Waals surface area contributed by atoms with Gasteiger partial charge in [0.05, 0.1) is 17.6 Å². The number of aromatic nitrogens is 4.